The Hall–Kier alpha value is -3.42. The standard InChI is InChI=1S/C19H21N5O3/c1-12-10-16(24(2)3)23-19(22-12)21-9-8-20-17(25)14-11-13-6-4-5-7-15(13)27-18(14)26/h4-7,10-11H,8-9H2,1-3H3,(H,20,25)(H,21,22,23). The number of para-hydroxylation sites is 1. The van der Waals surface area contributed by atoms with E-state index in [-0.39, 0.29) is 5.56 Å². The summed E-state index contributed by atoms with van der Waals surface area (Å²) in [5.74, 6) is 0.802. The summed E-state index contributed by atoms with van der Waals surface area (Å²) in [5.41, 5.74) is 0.621. The molecule has 2 aromatic heterocycles. The van der Waals surface area contributed by atoms with Gasteiger partial charge in [0.05, 0.1) is 0 Å². The van der Waals surface area contributed by atoms with Crippen LogP contribution in [0.4, 0.5) is 11.8 Å². The molecule has 2 N–H and O–H groups in total. The van der Waals surface area contributed by atoms with Gasteiger partial charge in [-0.1, -0.05) is 18.2 Å². The van der Waals surface area contributed by atoms with Crippen molar-refractivity contribution in [1.29, 1.82) is 0 Å². The summed E-state index contributed by atoms with van der Waals surface area (Å²) < 4.78 is 5.18. The molecule has 0 atom stereocenters. The summed E-state index contributed by atoms with van der Waals surface area (Å²) in [4.78, 5) is 34.9. The predicted molar refractivity (Wildman–Crippen MR) is 104 cm³/mol. The van der Waals surface area contributed by atoms with Crippen LogP contribution in [-0.4, -0.2) is 43.1 Å². The van der Waals surface area contributed by atoms with Crippen molar-refractivity contribution >= 4 is 28.6 Å². The van der Waals surface area contributed by atoms with Crippen molar-refractivity contribution in [3.8, 4) is 0 Å². The zero-order valence-electron chi connectivity index (χ0n) is 15.4. The first-order valence-electron chi connectivity index (χ1n) is 8.52. The summed E-state index contributed by atoms with van der Waals surface area (Å²) in [6.07, 6.45) is 0. The van der Waals surface area contributed by atoms with Gasteiger partial charge in [-0.2, -0.15) is 4.98 Å². The molecule has 3 aromatic rings. The number of benzene rings is 1. The van der Waals surface area contributed by atoms with Gasteiger partial charge in [-0.25, -0.2) is 9.78 Å². The van der Waals surface area contributed by atoms with Gasteiger partial charge in [-0.15, -0.1) is 0 Å². The highest BCUT2D eigenvalue weighted by molar-refractivity contribution is 5.96. The summed E-state index contributed by atoms with van der Waals surface area (Å²) in [7, 11) is 3.81. The molecule has 3 rings (SSSR count). The maximum Gasteiger partial charge on any atom is 0.349 e. The molecule has 0 spiro atoms. The normalized spacial score (nSPS) is 10.6. The van der Waals surface area contributed by atoms with Gasteiger partial charge in [0.1, 0.15) is 17.0 Å². The van der Waals surface area contributed by atoms with E-state index in [0.29, 0.717) is 30.0 Å². The molecule has 0 aliphatic rings. The molecule has 0 fully saturated rings. The molecule has 8 heteroatoms. The van der Waals surface area contributed by atoms with E-state index in [9.17, 15) is 9.59 Å². The Bertz CT molecular complexity index is 1030. The second-order valence-corrected chi connectivity index (χ2v) is 6.25. The number of rotatable bonds is 6. The van der Waals surface area contributed by atoms with E-state index in [1.807, 2.05) is 38.1 Å². The number of nitrogens with one attached hydrogen (secondary N) is 2. The number of amides is 1. The van der Waals surface area contributed by atoms with Crippen molar-refractivity contribution < 1.29 is 9.21 Å². The number of carbonyl (C=O) groups is 1. The maximum atomic E-state index is 12.3. The van der Waals surface area contributed by atoms with Crippen molar-refractivity contribution in [3.63, 3.8) is 0 Å². The van der Waals surface area contributed by atoms with Crippen molar-refractivity contribution in [2.45, 2.75) is 6.92 Å². The number of anilines is 2. The molecule has 140 valence electrons. The Morgan fingerprint density at radius 2 is 1.93 bits per heavy atom. The molecule has 0 aliphatic carbocycles. The number of hydrogen-bond donors (Lipinski definition) is 2. The smallest absolute Gasteiger partial charge is 0.349 e. The SMILES string of the molecule is Cc1cc(N(C)C)nc(NCCNC(=O)c2cc3ccccc3oc2=O)n1. The van der Waals surface area contributed by atoms with E-state index in [1.165, 1.54) is 6.07 Å². The first kappa shape index (κ1) is 18.4. The van der Waals surface area contributed by atoms with Crippen molar-refractivity contribution in [2.24, 2.45) is 0 Å². The molecular weight excluding hydrogens is 346 g/mol. The predicted octanol–water partition coefficient (Wildman–Crippen LogP) is 1.80. The van der Waals surface area contributed by atoms with Crippen LogP contribution in [0.25, 0.3) is 11.0 Å². The van der Waals surface area contributed by atoms with Gasteiger partial charge in [0.15, 0.2) is 0 Å². The third-order valence-corrected chi connectivity index (χ3v) is 3.88. The van der Waals surface area contributed by atoms with Gasteiger partial charge in [0, 0.05) is 44.3 Å². The van der Waals surface area contributed by atoms with Gasteiger partial charge in [-0.3, -0.25) is 4.79 Å². The highest BCUT2D eigenvalue weighted by Gasteiger charge is 2.13. The molecule has 0 saturated heterocycles. The van der Waals surface area contributed by atoms with Crippen LogP contribution in [0.3, 0.4) is 0 Å². The topological polar surface area (TPSA) is 100 Å². The fourth-order valence-electron chi connectivity index (χ4n) is 2.53. The van der Waals surface area contributed by atoms with Gasteiger partial charge in [0.2, 0.25) is 5.95 Å². The molecule has 0 aliphatic heterocycles. The Labute approximate surface area is 156 Å². The van der Waals surface area contributed by atoms with Crippen LogP contribution in [0.5, 0.6) is 0 Å². The Morgan fingerprint density at radius 3 is 2.70 bits per heavy atom. The Balaban J connectivity index is 1.60. The number of nitrogens with zero attached hydrogens (tertiary/aromatic N) is 3. The minimum Gasteiger partial charge on any atom is -0.422 e. The van der Waals surface area contributed by atoms with Crippen LogP contribution in [0.15, 0.2) is 45.6 Å². The zero-order valence-corrected chi connectivity index (χ0v) is 15.4. The molecule has 0 saturated carbocycles. The lowest BCUT2D eigenvalue weighted by Crippen LogP contribution is -2.32. The highest BCUT2D eigenvalue weighted by Crippen LogP contribution is 2.13. The fourth-order valence-corrected chi connectivity index (χ4v) is 2.53. The van der Waals surface area contributed by atoms with Crippen LogP contribution >= 0.6 is 0 Å². The average molecular weight is 367 g/mol. The van der Waals surface area contributed by atoms with Crippen LogP contribution in [0.1, 0.15) is 16.1 Å². The third-order valence-electron chi connectivity index (χ3n) is 3.88. The van der Waals surface area contributed by atoms with Gasteiger partial charge in [0.25, 0.3) is 5.91 Å². The Morgan fingerprint density at radius 1 is 1.15 bits per heavy atom. The molecule has 2 heterocycles. The molecule has 8 nitrogen and oxygen atoms in total. The number of aromatic nitrogens is 2. The average Bonchev–Trinajstić information content (AvgIpc) is 2.64. The quantitative estimate of drug-likeness (QED) is 0.506. The summed E-state index contributed by atoms with van der Waals surface area (Å²) in [6, 6.07) is 10.5. The second-order valence-electron chi connectivity index (χ2n) is 6.25. The van der Waals surface area contributed by atoms with E-state index in [0.717, 1.165) is 11.5 Å². The van der Waals surface area contributed by atoms with E-state index in [4.69, 9.17) is 4.42 Å². The lowest BCUT2D eigenvalue weighted by Gasteiger charge is -2.13. The van der Waals surface area contributed by atoms with Gasteiger partial charge >= 0.3 is 5.63 Å². The first-order chi connectivity index (χ1) is 12.9. The lowest BCUT2D eigenvalue weighted by atomic mass is 10.2. The highest BCUT2D eigenvalue weighted by atomic mass is 16.4. The van der Waals surface area contributed by atoms with E-state index in [2.05, 4.69) is 20.6 Å². The molecule has 0 unspecified atom stereocenters. The number of carbonyl (C=O) groups excluding carboxylic acids is 1. The number of fused-ring (bicyclic) bond motifs is 1. The Kier molecular flexibility index (Phi) is 5.35. The van der Waals surface area contributed by atoms with Crippen molar-refractivity contribution in [3.05, 3.63) is 58.1 Å². The summed E-state index contributed by atoms with van der Waals surface area (Å²) in [5, 5.41) is 6.46. The van der Waals surface area contributed by atoms with Crippen LogP contribution in [0, 0.1) is 6.92 Å². The molecule has 0 radical (unpaired) electrons. The van der Waals surface area contributed by atoms with Crippen LogP contribution < -0.4 is 21.2 Å². The summed E-state index contributed by atoms with van der Waals surface area (Å²) >= 11 is 0. The number of aryl methyl sites for hydroxylation is 1. The monoisotopic (exact) mass is 367 g/mol. The van der Waals surface area contributed by atoms with Gasteiger partial charge < -0.3 is 20.0 Å². The number of hydrogen-bond acceptors (Lipinski definition) is 7. The maximum absolute atomic E-state index is 12.3. The van der Waals surface area contributed by atoms with Crippen molar-refractivity contribution in [1.82, 2.24) is 15.3 Å². The molecule has 0 bridgehead atoms. The van der Waals surface area contributed by atoms with Crippen LogP contribution in [0.2, 0.25) is 0 Å². The minimum absolute atomic E-state index is 0.0181. The molecule has 1 aromatic carbocycles. The van der Waals surface area contributed by atoms with E-state index >= 15 is 0 Å². The van der Waals surface area contributed by atoms with Crippen LogP contribution in [-0.2, 0) is 0 Å². The molecule has 1 amide bonds. The largest absolute Gasteiger partial charge is 0.422 e. The van der Waals surface area contributed by atoms with Crippen molar-refractivity contribution in [2.75, 3.05) is 37.4 Å². The summed E-state index contributed by atoms with van der Waals surface area (Å²) in [6.45, 7) is 2.61. The molecule has 27 heavy (non-hydrogen) atoms. The lowest BCUT2D eigenvalue weighted by molar-refractivity contribution is 0.0951. The second kappa shape index (κ2) is 7.86. The molecular formula is C19H21N5O3. The van der Waals surface area contributed by atoms with Gasteiger partial charge in [-0.05, 0) is 19.1 Å². The first-order valence-corrected chi connectivity index (χ1v) is 8.52. The van der Waals surface area contributed by atoms with E-state index < -0.39 is 11.5 Å². The fraction of sp³-hybridized carbons (Fsp3) is 0.263. The third kappa shape index (κ3) is 4.41. The minimum atomic E-state index is -0.656. The van der Waals surface area contributed by atoms with E-state index in [1.54, 1.807) is 18.2 Å². The zero-order chi connectivity index (χ0) is 19.4.